The van der Waals surface area contributed by atoms with Crippen LogP contribution in [0.5, 0.6) is 0 Å². The summed E-state index contributed by atoms with van der Waals surface area (Å²) in [4.78, 5) is 35.6. The monoisotopic (exact) mass is 384 g/mol. The molecule has 0 aliphatic heterocycles. The van der Waals surface area contributed by atoms with Crippen LogP contribution < -0.4 is 10.6 Å². The van der Waals surface area contributed by atoms with Crippen LogP contribution in [0.4, 0.5) is 4.79 Å². The Hall–Kier alpha value is -2.05. The number of carbonyl (C=O) groups is 3. The number of hydrogen-bond acceptors (Lipinski definition) is 5. The second kappa shape index (κ2) is 14.1. The average molecular weight is 385 g/mol. The van der Waals surface area contributed by atoms with E-state index in [1.165, 1.54) is 13.5 Å². The zero-order valence-corrected chi connectivity index (χ0v) is 17.3. The number of amides is 2. The lowest BCUT2D eigenvalue weighted by Crippen LogP contribution is -2.49. The van der Waals surface area contributed by atoms with Gasteiger partial charge < -0.3 is 20.1 Å². The highest BCUT2D eigenvalue weighted by molar-refractivity contribution is 5.85. The molecule has 27 heavy (non-hydrogen) atoms. The molecule has 7 heteroatoms. The lowest BCUT2D eigenvalue weighted by Gasteiger charge is -2.21. The topological polar surface area (TPSA) is 93.7 Å². The smallest absolute Gasteiger partial charge is 0.407 e. The van der Waals surface area contributed by atoms with Gasteiger partial charge >= 0.3 is 12.1 Å². The number of unbranched alkanes of at least 4 members (excludes halogenated alkanes) is 6. The highest BCUT2D eigenvalue weighted by Crippen LogP contribution is 2.09. The lowest BCUT2D eigenvalue weighted by molar-refractivity contribution is -0.144. The van der Waals surface area contributed by atoms with E-state index in [0.29, 0.717) is 6.42 Å². The fraction of sp³-hybridized carbons (Fsp3) is 0.750. The molecule has 156 valence electrons. The first-order valence-electron chi connectivity index (χ1n) is 9.64. The Balaban J connectivity index is 4.14. The third-order valence-electron chi connectivity index (χ3n) is 3.73. The first-order chi connectivity index (χ1) is 12.7. The van der Waals surface area contributed by atoms with E-state index in [0.717, 1.165) is 38.5 Å². The third kappa shape index (κ3) is 14.8. The summed E-state index contributed by atoms with van der Waals surface area (Å²) in [5.41, 5.74) is -0.639. The van der Waals surface area contributed by atoms with Gasteiger partial charge in [0.1, 0.15) is 11.6 Å². The molecule has 0 heterocycles. The summed E-state index contributed by atoms with van der Waals surface area (Å²) in [7, 11) is 1.24. The van der Waals surface area contributed by atoms with Crippen LogP contribution in [0.3, 0.4) is 0 Å². The number of nitrogens with one attached hydrogen (secondary N) is 2. The van der Waals surface area contributed by atoms with Gasteiger partial charge in [-0.1, -0.05) is 31.8 Å². The maximum atomic E-state index is 12.0. The Bertz CT molecular complexity index is 471. The Kier molecular flexibility index (Phi) is 13.0. The molecule has 2 N–H and O–H groups in total. The van der Waals surface area contributed by atoms with E-state index in [1.54, 1.807) is 20.8 Å². The molecule has 0 rings (SSSR count). The van der Waals surface area contributed by atoms with Crippen LogP contribution in [-0.4, -0.2) is 43.3 Å². The number of rotatable bonds is 13. The average Bonchev–Trinajstić information content (AvgIpc) is 2.58. The van der Waals surface area contributed by atoms with Crippen molar-refractivity contribution < 1.29 is 23.9 Å². The number of carbonyl (C=O) groups excluding carboxylic acids is 3. The van der Waals surface area contributed by atoms with Crippen molar-refractivity contribution in [2.45, 2.75) is 83.8 Å². The Morgan fingerprint density at radius 2 is 1.63 bits per heavy atom. The molecule has 0 bridgehead atoms. The van der Waals surface area contributed by atoms with Crippen molar-refractivity contribution in [1.82, 2.24) is 10.6 Å². The first kappa shape index (κ1) is 24.9. The Labute approximate surface area is 163 Å². The number of alkyl carbamates (subject to hydrolysis) is 1. The van der Waals surface area contributed by atoms with Gasteiger partial charge in [0.05, 0.1) is 13.7 Å². The minimum atomic E-state index is -0.936. The summed E-state index contributed by atoms with van der Waals surface area (Å²) >= 11 is 0. The number of methoxy groups -OCH3 is 1. The summed E-state index contributed by atoms with van der Waals surface area (Å²) in [5.74, 6) is -0.843. The molecule has 2 amide bonds. The first-order valence-corrected chi connectivity index (χ1v) is 9.64. The lowest BCUT2D eigenvalue weighted by atomic mass is 10.1. The number of allylic oxidation sites excluding steroid dienone is 1. The van der Waals surface area contributed by atoms with E-state index in [-0.39, 0.29) is 12.5 Å². The number of esters is 1. The van der Waals surface area contributed by atoms with Gasteiger partial charge in [-0.3, -0.25) is 4.79 Å². The molecule has 0 aromatic heterocycles. The molecule has 0 saturated heterocycles. The van der Waals surface area contributed by atoms with Gasteiger partial charge in [-0.15, -0.1) is 6.58 Å². The van der Waals surface area contributed by atoms with Gasteiger partial charge in [0.15, 0.2) is 0 Å². The second-order valence-corrected chi connectivity index (χ2v) is 7.47. The highest BCUT2D eigenvalue weighted by Gasteiger charge is 2.23. The minimum Gasteiger partial charge on any atom is -0.467 e. The summed E-state index contributed by atoms with van der Waals surface area (Å²) in [6, 6.07) is -0.936. The number of ether oxygens (including phenoxy) is 2. The zero-order chi connectivity index (χ0) is 20.7. The molecule has 1 atom stereocenters. The summed E-state index contributed by atoms with van der Waals surface area (Å²) in [6.45, 7) is 8.84. The van der Waals surface area contributed by atoms with Crippen molar-refractivity contribution in [3.8, 4) is 0 Å². The van der Waals surface area contributed by atoms with Crippen LogP contribution in [0, 0.1) is 0 Å². The molecule has 0 spiro atoms. The molecule has 0 aliphatic carbocycles. The predicted molar refractivity (Wildman–Crippen MR) is 105 cm³/mol. The zero-order valence-electron chi connectivity index (χ0n) is 17.3. The van der Waals surface area contributed by atoms with Crippen LogP contribution in [0.15, 0.2) is 12.7 Å². The largest absolute Gasteiger partial charge is 0.467 e. The molecular weight excluding hydrogens is 348 g/mol. The van der Waals surface area contributed by atoms with E-state index < -0.39 is 23.7 Å². The quantitative estimate of drug-likeness (QED) is 0.288. The van der Waals surface area contributed by atoms with Crippen LogP contribution >= 0.6 is 0 Å². The second-order valence-electron chi connectivity index (χ2n) is 7.47. The van der Waals surface area contributed by atoms with Crippen molar-refractivity contribution in [3.63, 3.8) is 0 Å². The summed E-state index contributed by atoms with van der Waals surface area (Å²) < 4.78 is 9.80. The Morgan fingerprint density at radius 1 is 1.04 bits per heavy atom. The van der Waals surface area contributed by atoms with Gasteiger partial charge in [-0.05, 0) is 40.0 Å². The van der Waals surface area contributed by atoms with E-state index >= 15 is 0 Å². The fourth-order valence-electron chi connectivity index (χ4n) is 2.38. The van der Waals surface area contributed by atoms with Crippen LogP contribution in [0.1, 0.15) is 72.1 Å². The molecule has 0 fully saturated rings. The van der Waals surface area contributed by atoms with Crippen LogP contribution in [0.25, 0.3) is 0 Å². The van der Waals surface area contributed by atoms with Crippen molar-refractivity contribution in [2.75, 3.05) is 13.7 Å². The normalized spacial score (nSPS) is 12.0. The van der Waals surface area contributed by atoms with Crippen molar-refractivity contribution in [1.29, 1.82) is 0 Å². The SMILES string of the molecule is C=CCCCCCCCCC(=O)N[C@@H](CNC(=O)OC(C)(C)C)C(=O)OC. The number of hydrogen-bond donors (Lipinski definition) is 2. The van der Waals surface area contributed by atoms with Crippen LogP contribution in [-0.2, 0) is 19.1 Å². The van der Waals surface area contributed by atoms with Crippen molar-refractivity contribution >= 4 is 18.0 Å². The highest BCUT2D eigenvalue weighted by atomic mass is 16.6. The fourth-order valence-corrected chi connectivity index (χ4v) is 2.38. The molecule has 0 saturated carbocycles. The van der Waals surface area contributed by atoms with E-state index in [4.69, 9.17) is 4.74 Å². The maximum Gasteiger partial charge on any atom is 0.407 e. The summed E-state index contributed by atoms with van der Waals surface area (Å²) in [6.07, 6.45) is 8.99. The van der Waals surface area contributed by atoms with Gasteiger partial charge in [0.2, 0.25) is 5.91 Å². The standard InChI is InChI=1S/C20H36N2O5/c1-6-7-8-9-10-11-12-13-14-17(23)22-16(18(24)26-5)15-21-19(25)27-20(2,3)4/h6,16H,1,7-15H2,2-5H3,(H,21,25)(H,22,23)/t16-/m0/s1. The Morgan fingerprint density at radius 3 is 2.19 bits per heavy atom. The van der Waals surface area contributed by atoms with Crippen molar-refractivity contribution in [3.05, 3.63) is 12.7 Å². The third-order valence-corrected chi connectivity index (χ3v) is 3.73. The molecule has 0 unspecified atom stereocenters. The van der Waals surface area contributed by atoms with Gasteiger partial charge in [0.25, 0.3) is 0 Å². The van der Waals surface area contributed by atoms with Crippen molar-refractivity contribution in [2.24, 2.45) is 0 Å². The molecule has 7 nitrogen and oxygen atoms in total. The van der Waals surface area contributed by atoms with Gasteiger partial charge in [-0.2, -0.15) is 0 Å². The van der Waals surface area contributed by atoms with E-state index in [9.17, 15) is 14.4 Å². The molecule has 0 aliphatic rings. The molecule has 0 radical (unpaired) electrons. The van der Waals surface area contributed by atoms with Gasteiger partial charge in [-0.25, -0.2) is 9.59 Å². The molecule has 0 aromatic carbocycles. The molecule has 0 aromatic rings. The van der Waals surface area contributed by atoms with Gasteiger partial charge in [0, 0.05) is 6.42 Å². The van der Waals surface area contributed by atoms with Crippen LogP contribution in [0.2, 0.25) is 0 Å². The van der Waals surface area contributed by atoms with E-state index in [2.05, 4.69) is 21.9 Å². The predicted octanol–water partition coefficient (Wildman–Crippen LogP) is 3.48. The molecular formula is C20H36N2O5. The minimum absolute atomic E-state index is 0.0867. The summed E-state index contributed by atoms with van der Waals surface area (Å²) in [5, 5.41) is 5.09. The van der Waals surface area contributed by atoms with E-state index in [1.807, 2.05) is 6.08 Å². The maximum absolute atomic E-state index is 12.0.